The molecule has 0 aliphatic rings. The summed E-state index contributed by atoms with van der Waals surface area (Å²) in [5.41, 5.74) is 0. The van der Waals surface area contributed by atoms with Gasteiger partial charge in [0.15, 0.2) is 5.78 Å². The number of rotatable bonds is 17. The fourth-order valence-electron chi connectivity index (χ4n) is 3.84. The maximum atomic E-state index is 13.7. The molecule has 8 heteroatoms. The highest BCUT2D eigenvalue weighted by Crippen LogP contribution is 2.23. The highest BCUT2D eigenvalue weighted by molar-refractivity contribution is 5.94. The van der Waals surface area contributed by atoms with Gasteiger partial charge in [0.25, 0.3) is 0 Å². The molecule has 0 aromatic rings. The molecule has 0 radical (unpaired) electrons. The van der Waals surface area contributed by atoms with Gasteiger partial charge in [-0.1, -0.05) is 107 Å². The van der Waals surface area contributed by atoms with Gasteiger partial charge < -0.3 is 20.3 Å². The summed E-state index contributed by atoms with van der Waals surface area (Å²) in [6.07, 6.45) is 6.06. The molecule has 5 atom stereocenters. The summed E-state index contributed by atoms with van der Waals surface area (Å²) >= 11 is 0. The van der Waals surface area contributed by atoms with Crippen LogP contribution in [0.1, 0.15) is 133 Å². The first-order valence-electron chi connectivity index (χ1n) is 17.8. The largest absolute Gasteiger partial charge is 0.460 e. The van der Waals surface area contributed by atoms with E-state index in [1.807, 2.05) is 13.8 Å². The van der Waals surface area contributed by atoms with Crippen LogP contribution in [0.4, 0.5) is 0 Å². The van der Waals surface area contributed by atoms with Crippen molar-refractivity contribution < 1.29 is 29.4 Å². The Morgan fingerprint density at radius 3 is 1.83 bits per heavy atom. The van der Waals surface area contributed by atoms with Gasteiger partial charge in [0.05, 0.1) is 7.41 Å². The molecule has 0 aromatic heterocycles. The molecule has 0 saturated heterocycles. The van der Waals surface area contributed by atoms with Gasteiger partial charge in [0.1, 0.15) is 18.2 Å². The zero-order valence-corrected chi connectivity index (χ0v) is 29.1. The lowest BCUT2D eigenvalue weighted by atomic mass is 9.89. The molecule has 0 heterocycles. The first-order chi connectivity index (χ1) is 21.2. The summed E-state index contributed by atoms with van der Waals surface area (Å²) < 4.78 is 35.4. The van der Waals surface area contributed by atoms with E-state index in [1.54, 1.807) is 34.7 Å². The number of nitrogens with zero attached hydrogens (tertiary/aromatic N) is 1. The molecule has 0 bridgehead atoms. The Morgan fingerprint density at radius 2 is 1.48 bits per heavy atom. The third-order valence-electron chi connectivity index (χ3n) is 6.81. The fraction of sp³-hybridized carbons (Fsp3) is 0.824. The lowest BCUT2D eigenvalue weighted by Gasteiger charge is -2.38. The second-order valence-corrected chi connectivity index (χ2v) is 11.6. The molecule has 2 N–H and O–H groups in total. The van der Waals surface area contributed by atoms with E-state index in [2.05, 4.69) is 38.3 Å². The van der Waals surface area contributed by atoms with Crippen molar-refractivity contribution in [2.45, 2.75) is 152 Å². The van der Waals surface area contributed by atoms with Gasteiger partial charge in [0, 0.05) is 24.5 Å². The van der Waals surface area contributed by atoms with E-state index < -0.39 is 54.9 Å². The van der Waals surface area contributed by atoms with Gasteiger partial charge in [0.2, 0.25) is 11.8 Å². The van der Waals surface area contributed by atoms with Crippen molar-refractivity contribution in [1.29, 1.82) is 0 Å². The van der Waals surface area contributed by atoms with Gasteiger partial charge >= 0.3 is 5.97 Å². The second-order valence-electron chi connectivity index (χ2n) is 11.6. The van der Waals surface area contributed by atoms with Gasteiger partial charge in [-0.2, -0.15) is 0 Å². The number of hydrogen-bond donors (Lipinski definition) is 2. The summed E-state index contributed by atoms with van der Waals surface area (Å²) in [7, 11) is 3.11. The summed E-state index contributed by atoms with van der Waals surface area (Å²) in [6, 6.07) is -3.17. The van der Waals surface area contributed by atoms with Gasteiger partial charge in [-0.05, 0) is 44.5 Å². The van der Waals surface area contributed by atoms with Gasteiger partial charge in [-0.3, -0.25) is 19.2 Å². The average Bonchev–Trinajstić information content (AvgIpc) is 2.99. The van der Waals surface area contributed by atoms with Crippen molar-refractivity contribution in [2.75, 3.05) is 14.1 Å². The van der Waals surface area contributed by atoms with E-state index >= 15 is 0 Å². The molecule has 2 unspecified atom stereocenters. The Balaban J connectivity index is -0.00000205. The van der Waals surface area contributed by atoms with Crippen LogP contribution in [0.15, 0.2) is 12.1 Å². The van der Waals surface area contributed by atoms with E-state index in [0.29, 0.717) is 6.42 Å². The first kappa shape index (κ1) is 36.0. The number of unbranched alkanes of at least 4 members (excludes halogenated alkanes) is 2. The predicted molar refractivity (Wildman–Crippen MR) is 176 cm³/mol. The smallest absolute Gasteiger partial charge is 0.303 e. The standard InChI is InChI=1S/C26H47N3O5.2C4H10/c1-11-13-14-18(7)24(34-19(8)30)23(21(31)12-2)29(10)26(33)22(17(5)6)28-25(32)20(27-9)15-16(3)4;2*1-3-4-2/h11,13,16-18,20,22-24,27H,12,14-15H2,1-10H3,(H,28,32);2*3-4H2,1-2H3/b13-11+;;/t18-,20+,22+,23?,24?;;/m1../s1/i1+1D3,11+1D;;. The minimum absolute atomic E-state index is 0.0358. The van der Waals surface area contributed by atoms with Crippen LogP contribution in [0, 0.1) is 17.8 Å². The van der Waals surface area contributed by atoms with E-state index in [9.17, 15) is 19.2 Å². The average molecular weight is 604 g/mol. The van der Waals surface area contributed by atoms with Crippen LogP contribution in [0.3, 0.4) is 0 Å². The molecular weight excluding hydrogens is 532 g/mol. The minimum Gasteiger partial charge on any atom is -0.460 e. The molecule has 0 saturated carbocycles. The van der Waals surface area contributed by atoms with Crippen LogP contribution < -0.4 is 10.6 Å². The number of ether oxygens (including phenoxy) is 1. The van der Waals surface area contributed by atoms with Crippen LogP contribution >= 0.6 is 0 Å². The number of ketones is 1. The summed E-state index contributed by atoms with van der Waals surface area (Å²) in [5, 5.41) is 5.80. The number of Topliss-reactive ketones (excluding diaryl/α,β-unsaturated/α-hetero) is 1. The highest BCUT2D eigenvalue weighted by Gasteiger charge is 2.41. The van der Waals surface area contributed by atoms with Crippen molar-refractivity contribution in [1.82, 2.24) is 15.5 Å². The van der Waals surface area contributed by atoms with Crippen LogP contribution in [-0.2, 0) is 23.9 Å². The van der Waals surface area contributed by atoms with Crippen LogP contribution in [0.5, 0.6) is 0 Å². The highest BCUT2D eigenvalue weighted by atomic mass is 16.5. The Labute approximate surface area is 264 Å². The van der Waals surface area contributed by atoms with E-state index in [1.165, 1.54) is 50.6 Å². The first-order valence-corrected chi connectivity index (χ1v) is 15.8. The Morgan fingerprint density at radius 1 is 0.952 bits per heavy atom. The topological polar surface area (TPSA) is 105 Å². The number of likely N-dealkylation sites (N-methyl/N-ethyl adjacent to an activating group) is 2. The molecule has 248 valence electrons. The summed E-state index contributed by atoms with van der Waals surface area (Å²) in [4.78, 5) is 53.1. The van der Waals surface area contributed by atoms with Crippen LogP contribution in [-0.4, -0.2) is 66.8 Å². The van der Waals surface area contributed by atoms with Crippen molar-refractivity contribution >= 4 is 23.6 Å². The zero-order chi connectivity index (χ0) is 36.8. The minimum atomic E-state index is -2.59. The fourth-order valence-corrected chi connectivity index (χ4v) is 3.84. The van der Waals surface area contributed by atoms with E-state index in [4.69, 9.17) is 10.2 Å². The van der Waals surface area contributed by atoms with Gasteiger partial charge in [-0.25, -0.2) is 0 Å². The Bertz CT molecular complexity index is 902. The van der Waals surface area contributed by atoms with Crippen LogP contribution in [0.2, 0.25) is 0 Å². The third kappa shape index (κ3) is 19.1. The summed E-state index contributed by atoms with van der Waals surface area (Å²) in [6.45, 7) is 18.2. The maximum absolute atomic E-state index is 13.7. The number of allylic oxidation sites excluding steroid dienone is 2. The lowest BCUT2D eigenvalue weighted by Crippen LogP contribution is -2.60. The molecule has 2 amide bonds. The Hall–Kier alpha value is -2.22. The molecule has 0 rings (SSSR count). The maximum Gasteiger partial charge on any atom is 0.303 e. The van der Waals surface area contributed by atoms with Gasteiger partial charge in [-0.15, -0.1) is 0 Å². The normalized spacial score (nSPS) is 16.4. The molecule has 0 aromatic carbocycles. The van der Waals surface area contributed by atoms with Crippen molar-refractivity contribution in [2.24, 2.45) is 17.8 Å². The van der Waals surface area contributed by atoms with Crippen molar-refractivity contribution in [3.8, 4) is 0 Å². The molecule has 8 nitrogen and oxygen atoms in total. The second kappa shape index (κ2) is 26.4. The molecular formula is C34H67N3O5. The molecule has 42 heavy (non-hydrogen) atoms. The van der Waals surface area contributed by atoms with E-state index in [-0.39, 0.29) is 36.4 Å². The van der Waals surface area contributed by atoms with E-state index in [0.717, 1.165) is 0 Å². The summed E-state index contributed by atoms with van der Waals surface area (Å²) in [5.74, 6) is -2.51. The number of esters is 1. The van der Waals surface area contributed by atoms with Crippen molar-refractivity contribution in [3.63, 3.8) is 0 Å². The number of carbonyl (C=O) groups is 4. The molecule has 0 aliphatic carbocycles. The number of nitrogens with one attached hydrogen (secondary N) is 2. The monoisotopic (exact) mass is 604 g/mol. The SMILES string of the molecule is CCCC.CCCC.[2H]/[13C](=C\C[C@@H](C)C(OC(C)=O)C(C(=O)CC)N(C)C(=O)[C@@H](NC(=O)[C@H](CC(C)C)NC)C(C)C)[13C]([2H])([2H])[2H]. The quantitative estimate of drug-likeness (QED) is 0.109. The number of amides is 2. The Kier molecular flexibility index (Phi) is 22.6. The molecule has 0 spiro atoms. The van der Waals surface area contributed by atoms with Crippen molar-refractivity contribution in [3.05, 3.63) is 12.1 Å². The predicted octanol–water partition coefficient (Wildman–Crippen LogP) is 6.71. The lowest BCUT2D eigenvalue weighted by molar-refractivity contribution is -0.160. The third-order valence-corrected chi connectivity index (χ3v) is 6.81. The molecule has 0 aliphatic heterocycles. The zero-order valence-electron chi connectivity index (χ0n) is 33.1. The number of carbonyl (C=O) groups excluding carboxylic acids is 4. The molecule has 0 fully saturated rings. The van der Waals surface area contributed by atoms with Crippen LogP contribution in [0.25, 0.3) is 0 Å². The number of hydrogen-bond acceptors (Lipinski definition) is 6.